The van der Waals surface area contributed by atoms with E-state index in [0.29, 0.717) is 5.75 Å². The Hall–Kier alpha value is -1.96. The number of hydrogen-bond donors (Lipinski definition) is 0. The summed E-state index contributed by atoms with van der Waals surface area (Å²) >= 11 is 0. The van der Waals surface area contributed by atoms with E-state index in [2.05, 4.69) is 0 Å². The van der Waals surface area contributed by atoms with Crippen LogP contribution >= 0.6 is 0 Å². The van der Waals surface area contributed by atoms with Gasteiger partial charge in [-0.15, -0.1) is 0 Å². The number of aliphatic carboxylic acids is 1. The molecule has 0 amide bonds. The third-order valence-electron chi connectivity index (χ3n) is 3.36. The molecule has 0 saturated heterocycles. The van der Waals surface area contributed by atoms with Crippen LogP contribution in [0.15, 0.2) is 54.1 Å². The van der Waals surface area contributed by atoms with Crippen LogP contribution in [0.3, 0.4) is 0 Å². The third kappa shape index (κ3) is 4.18. The van der Waals surface area contributed by atoms with Crippen LogP contribution in [0.1, 0.15) is 5.56 Å². The Morgan fingerprint density at radius 1 is 1.08 bits per heavy atom. The summed E-state index contributed by atoms with van der Waals surface area (Å²) in [6, 6.07) is 12.8. The van der Waals surface area contributed by atoms with E-state index in [1.807, 2.05) is 0 Å². The zero-order chi connectivity index (χ0) is 17.3. The van der Waals surface area contributed by atoms with Gasteiger partial charge in [-0.25, -0.2) is 0 Å². The SMILES string of the molecule is O=C([O-])C1=Cc2c(Oc3ccccc3)cccc2OC1C(F)(F)F.[Na+]. The number of carbonyl (C=O) groups excluding carboxylic acids is 1. The number of alkyl halides is 3. The fraction of sp³-hybridized carbons (Fsp3) is 0.118. The van der Waals surface area contributed by atoms with Gasteiger partial charge in [-0.3, -0.25) is 0 Å². The minimum atomic E-state index is -4.88. The first-order valence-corrected chi connectivity index (χ1v) is 6.88. The smallest absolute Gasteiger partial charge is 0.545 e. The number of hydrogen-bond acceptors (Lipinski definition) is 4. The number of fused-ring (bicyclic) bond motifs is 1. The van der Waals surface area contributed by atoms with Gasteiger partial charge in [-0.1, -0.05) is 24.3 Å². The minimum Gasteiger partial charge on any atom is -0.545 e. The van der Waals surface area contributed by atoms with Crippen molar-refractivity contribution in [3.8, 4) is 17.2 Å². The molecule has 0 fully saturated rings. The zero-order valence-corrected chi connectivity index (χ0v) is 15.0. The Bertz CT molecular complexity index is 803. The molecule has 25 heavy (non-hydrogen) atoms. The van der Waals surface area contributed by atoms with Crippen LogP contribution in [-0.2, 0) is 4.79 Å². The molecule has 0 radical (unpaired) electrons. The number of rotatable bonds is 3. The fourth-order valence-electron chi connectivity index (χ4n) is 2.30. The summed E-state index contributed by atoms with van der Waals surface area (Å²) in [5, 5.41) is 11.1. The summed E-state index contributed by atoms with van der Waals surface area (Å²) in [6.45, 7) is 0. The topological polar surface area (TPSA) is 58.6 Å². The molecule has 0 aliphatic carbocycles. The predicted octanol–water partition coefficient (Wildman–Crippen LogP) is -0.0605. The number of benzene rings is 2. The molecule has 0 N–H and O–H groups in total. The molecule has 1 unspecified atom stereocenters. The second-order valence-electron chi connectivity index (χ2n) is 5.01. The number of para-hydroxylation sites is 1. The second-order valence-corrected chi connectivity index (χ2v) is 5.01. The minimum absolute atomic E-state index is 0. The standard InChI is InChI=1S/C17H11F3O4.Na/c18-17(19,20)15-12(16(21)22)9-11-13(7-4-8-14(11)24-15)23-10-5-2-1-3-6-10;/h1-9,15H,(H,21,22);/q;+1/p-1. The van der Waals surface area contributed by atoms with Crippen molar-refractivity contribution in [2.24, 2.45) is 0 Å². The molecule has 0 saturated carbocycles. The molecule has 4 nitrogen and oxygen atoms in total. The summed E-state index contributed by atoms with van der Waals surface area (Å²) in [7, 11) is 0. The molecule has 1 aliphatic rings. The number of carboxylic acids is 1. The molecule has 1 aliphatic heterocycles. The van der Waals surface area contributed by atoms with Crippen molar-refractivity contribution in [2.45, 2.75) is 12.3 Å². The molecule has 0 aromatic heterocycles. The first kappa shape index (κ1) is 19.4. The maximum atomic E-state index is 13.0. The Balaban J connectivity index is 0.00000225. The number of carbonyl (C=O) groups is 1. The Labute approximate surface area is 163 Å². The number of halogens is 3. The Kier molecular flexibility index (Phi) is 5.82. The van der Waals surface area contributed by atoms with E-state index >= 15 is 0 Å². The first-order valence-electron chi connectivity index (χ1n) is 6.88. The van der Waals surface area contributed by atoms with Crippen molar-refractivity contribution < 1.29 is 62.1 Å². The Morgan fingerprint density at radius 2 is 1.76 bits per heavy atom. The van der Waals surface area contributed by atoms with E-state index in [0.717, 1.165) is 6.08 Å². The predicted molar refractivity (Wildman–Crippen MR) is 76.4 cm³/mol. The third-order valence-corrected chi connectivity index (χ3v) is 3.36. The molecule has 0 spiro atoms. The van der Waals surface area contributed by atoms with Crippen molar-refractivity contribution in [3.05, 3.63) is 59.7 Å². The molecule has 1 heterocycles. The maximum Gasteiger partial charge on any atom is 1.00 e. The number of carboxylic acid groups (broad SMARTS) is 1. The van der Waals surface area contributed by atoms with Crippen molar-refractivity contribution >= 4 is 12.0 Å². The van der Waals surface area contributed by atoms with Gasteiger partial charge in [0.15, 0.2) is 0 Å². The molecular formula is C17H10F3NaO4. The monoisotopic (exact) mass is 358 g/mol. The van der Waals surface area contributed by atoms with Crippen LogP contribution in [0.5, 0.6) is 17.2 Å². The Morgan fingerprint density at radius 3 is 2.36 bits per heavy atom. The average molecular weight is 358 g/mol. The van der Waals surface area contributed by atoms with E-state index in [4.69, 9.17) is 9.47 Å². The van der Waals surface area contributed by atoms with Crippen LogP contribution in [0.4, 0.5) is 13.2 Å². The van der Waals surface area contributed by atoms with Gasteiger partial charge in [0.1, 0.15) is 17.2 Å². The van der Waals surface area contributed by atoms with Crippen LogP contribution in [0.2, 0.25) is 0 Å². The van der Waals surface area contributed by atoms with Gasteiger partial charge in [-0.2, -0.15) is 13.2 Å². The fourth-order valence-corrected chi connectivity index (χ4v) is 2.30. The van der Waals surface area contributed by atoms with Crippen molar-refractivity contribution in [1.29, 1.82) is 0 Å². The van der Waals surface area contributed by atoms with Crippen LogP contribution in [0.25, 0.3) is 6.08 Å². The molecule has 1 atom stereocenters. The van der Waals surface area contributed by atoms with Crippen LogP contribution in [-0.4, -0.2) is 18.2 Å². The summed E-state index contributed by atoms with van der Waals surface area (Å²) in [6.07, 6.45) is -6.58. The van der Waals surface area contributed by atoms with Crippen molar-refractivity contribution in [3.63, 3.8) is 0 Å². The van der Waals surface area contributed by atoms with E-state index in [1.165, 1.54) is 18.2 Å². The molecule has 0 bridgehead atoms. The summed E-state index contributed by atoms with van der Waals surface area (Å²) in [4.78, 5) is 11.1. The van der Waals surface area contributed by atoms with Crippen molar-refractivity contribution in [2.75, 3.05) is 0 Å². The zero-order valence-electron chi connectivity index (χ0n) is 13.0. The number of ether oxygens (including phenoxy) is 2. The average Bonchev–Trinajstić information content (AvgIpc) is 2.54. The van der Waals surface area contributed by atoms with Gasteiger partial charge in [-0.05, 0) is 30.3 Å². The van der Waals surface area contributed by atoms with E-state index in [-0.39, 0.29) is 46.6 Å². The summed E-state index contributed by atoms with van der Waals surface area (Å²) in [5.41, 5.74) is -0.889. The van der Waals surface area contributed by atoms with Crippen LogP contribution in [0, 0.1) is 0 Å². The molecule has 3 rings (SSSR count). The van der Waals surface area contributed by atoms with Crippen molar-refractivity contribution in [1.82, 2.24) is 0 Å². The van der Waals surface area contributed by atoms with Gasteiger partial charge in [0.05, 0.1) is 11.5 Å². The second kappa shape index (κ2) is 7.51. The largest absolute Gasteiger partial charge is 1.00 e. The quantitative estimate of drug-likeness (QED) is 0.722. The first-order chi connectivity index (χ1) is 11.4. The normalized spacial score (nSPS) is 16.0. The van der Waals surface area contributed by atoms with Gasteiger partial charge >= 0.3 is 35.7 Å². The summed E-state index contributed by atoms with van der Waals surface area (Å²) in [5.74, 6) is -1.43. The molecule has 2 aromatic carbocycles. The molecule has 124 valence electrons. The van der Waals surface area contributed by atoms with Gasteiger partial charge in [0.25, 0.3) is 0 Å². The van der Waals surface area contributed by atoms with Gasteiger partial charge in [0, 0.05) is 5.57 Å². The molecule has 2 aromatic rings. The van der Waals surface area contributed by atoms with Gasteiger partial charge in [0.2, 0.25) is 6.10 Å². The van der Waals surface area contributed by atoms with Crippen LogP contribution < -0.4 is 44.1 Å². The van der Waals surface area contributed by atoms with Gasteiger partial charge < -0.3 is 19.4 Å². The maximum absolute atomic E-state index is 13.0. The van der Waals surface area contributed by atoms with E-state index in [9.17, 15) is 23.1 Å². The van der Waals surface area contributed by atoms with E-state index < -0.39 is 23.8 Å². The molecule has 8 heteroatoms. The van der Waals surface area contributed by atoms with E-state index in [1.54, 1.807) is 30.3 Å². The molecular weight excluding hydrogens is 348 g/mol. The summed E-state index contributed by atoms with van der Waals surface area (Å²) < 4.78 is 49.5.